The van der Waals surface area contributed by atoms with Crippen molar-refractivity contribution >= 4 is 12.4 Å². The summed E-state index contributed by atoms with van der Waals surface area (Å²) in [5.74, 6) is 2.79. The van der Waals surface area contributed by atoms with Gasteiger partial charge in [-0.05, 0) is 55.6 Å². The Morgan fingerprint density at radius 2 is 1.86 bits per heavy atom. The van der Waals surface area contributed by atoms with Gasteiger partial charge in [0.05, 0.1) is 6.61 Å². The third-order valence-electron chi connectivity index (χ3n) is 4.71. The smallest absolute Gasteiger partial charge is 0.231 e. The van der Waals surface area contributed by atoms with E-state index in [1.807, 2.05) is 30.3 Å². The molecule has 0 bridgehead atoms. The molecule has 0 unspecified atom stereocenters. The van der Waals surface area contributed by atoms with E-state index in [9.17, 15) is 4.39 Å². The Morgan fingerprint density at radius 3 is 2.61 bits per heavy atom. The molecule has 2 atom stereocenters. The van der Waals surface area contributed by atoms with Crippen LogP contribution in [0.1, 0.15) is 24.8 Å². The van der Waals surface area contributed by atoms with Crippen molar-refractivity contribution in [2.24, 2.45) is 5.92 Å². The Kier molecular flexibility index (Phi) is 8.83. The molecule has 7 heteroatoms. The first-order valence-corrected chi connectivity index (χ1v) is 9.30. The fourth-order valence-electron chi connectivity index (χ4n) is 3.42. The minimum atomic E-state index is -0.194. The lowest BCUT2D eigenvalue weighted by Crippen LogP contribution is -2.38. The summed E-state index contributed by atoms with van der Waals surface area (Å²) < 4.78 is 29.9. The minimum absolute atomic E-state index is 0. The molecule has 154 valence electrons. The summed E-state index contributed by atoms with van der Waals surface area (Å²) >= 11 is 0. The van der Waals surface area contributed by atoms with Gasteiger partial charge in [-0.2, -0.15) is 0 Å². The van der Waals surface area contributed by atoms with E-state index in [-0.39, 0.29) is 31.6 Å². The van der Waals surface area contributed by atoms with Gasteiger partial charge in [0.25, 0.3) is 0 Å². The predicted octanol–water partition coefficient (Wildman–Crippen LogP) is 3.75. The standard InChI is InChI=1S/C19H20FNO3.C2H6O.ClH/c20-15-3-1-13(2-4-15)17-7-8-21-10-14(17)11-22-16-5-6-18-19(9-16)24-12-23-18;1-2-3;/h1-6,9,14,17,21H,7-8,10-12H2;3H,2H2,1H3;1H/t14-,17-;;/m0../s1. The fraction of sp³-hybridized carbons (Fsp3) is 0.429. The molecule has 2 aliphatic heterocycles. The van der Waals surface area contributed by atoms with Crippen molar-refractivity contribution in [1.82, 2.24) is 5.32 Å². The Hall–Kier alpha value is -2.02. The summed E-state index contributed by atoms with van der Waals surface area (Å²) in [7, 11) is 0. The summed E-state index contributed by atoms with van der Waals surface area (Å²) in [6.45, 7) is 4.67. The van der Waals surface area contributed by atoms with E-state index in [1.54, 1.807) is 6.92 Å². The Bertz CT molecular complexity index is 729. The summed E-state index contributed by atoms with van der Waals surface area (Å²) in [4.78, 5) is 0. The first kappa shape index (κ1) is 22.3. The average Bonchev–Trinajstić information content (AvgIpc) is 3.16. The summed E-state index contributed by atoms with van der Waals surface area (Å²) in [5.41, 5.74) is 1.18. The number of halogens is 2. The Balaban J connectivity index is 0.000000660. The summed E-state index contributed by atoms with van der Waals surface area (Å²) in [5, 5.41) is 11.0. The first-order chi connectivity index (χ1) is 13.2. The molecular formula is C21H27ClFNO4. The van der Waals surface area contributed by atoms with Crippen LogP contribution in [0, 0.1) is 11.7 Å². The van der Waals surface area contributed by atoms with Crippen LogP contribution in [-0.4, -0.2) is 38.2 Å². The topological polar surface area (TPSA) is 60.0 Å². The van der Waals surface area contributed by atoms with Gasteiger partial charge in [-0.25, -0.2) is 4.39 Å². The monoisotopic (exact) mass is 411 g/mol. The van der Waals surface area contributed by atoms with Gasteiger partial charge >= 0.3 is 0 Å². The zero-order valence-corrected chi connectivity index (χ0v) is 16.7. The van der Waals surface area contributed by atoms with Gasteiger partial charge in [0.15, 0.2) is 11.5 Å². The van der Waals surface area contributed by atoms with Gasteiger partial charge < -0.3 is 24.6 Å². The van der Waals surface area contributed by atoms with Crippen LogP contribution in [0.4, 0.5) is 4.39 Å². The van der Waals surface area contributed by atoms with Gasteiger partial charge in [0.2, 0.25) is 6.79 Å². The fourth-order valence-corrected chi connectivity index (χ4v) is 3.42. The number of benzene rings is 2. The molecule has 2 aromatic rings. The molecule has 0 radical (unpaired) electrons. The molecule has 2 heterocycles. The number of fused-ring (bicyclic) bond motifs is 1. The van der Waals surface area contributed by atoms with Crippen molar-refractivity contribution in [3.63, 3.8) is 0 Å². The Morgan fingerprint density at radius 1 is 1.14 bits per heavy atom. The first-order valence-electron chi connectivity index (χ1n) is 9.30. The number of nitrogens with one attached hydrogen (secondary N) is 1. The van der Waals surface area contributed by atoms with Crippen LogP contribution < -0.4 is 19.5 Å². The lowest BCUT2D eigenvalue weighted by atomic mass is 9.81. The van der Waals surface area contributed by atoms with Gasteiger partial charge in [-0.15, -0.1) is 12.4 Å². The molecule has 0 aromatic heterocycles. The van der Waals surface area contributed by atoms with Gasteiger partial charge in [0.1, 0.15) is 11.6 Å². The van der Waals surface area contributed by atoms with Crippen molar-refractivity contribution in [3.8, 4) is 17.2 Å². The molecule has 0 spiro atoms. The maximum Gasteiger partial charge on any atom is 0.231 e. The number of piperidine rings is 1. The highest BCUT2D eigenvalue weighted by Crippen LogP contribution is 2.36. The van der Waals surface area contributed by atoms with Crippen LogP contribution >= 0.6 is 12.4 Å². The quantitative estimate of drug-likeness (QED) is 0.802. The lowest BCUT2D eigenvalue weighted by Gasteiger charge is -2.32. The maximum atomic E-state index is 13.2. The molecule has 28 heavy (non-hydrogen) atoms. The van der Waals surface area contributed by atoms with Crippen LogP contribution in [0.2, 0.25) is 0 Å². The molecule has 1 fully saturated rings. The molecule has 4 rings (SSSR count). The van der Waals surface area contributed by atoms with Crippen molar-refractivity contribution in [1.29, 1.82) is 0 Å². The molecule has 2 N–H and O–H groups in total. The highest BCUT2D eigenvalue weighted by molar-refractivity contribution is 5.85. The van der Waals surface area contributed by atoms with Crippen molar-refractivity contribution in [2.45, 2.75) is 19.3 Å². The van der Waals surface area contributed by atoms with E-state index in [2.05, 4.69) is 5.32 Å². The number of hydrogen-bond donors (Lipinski definition) is 2. The highest BCUT2D eigenvalue weighted by Gasteiger charge is 2.27. The molecule has 5 nitrogen and oxygen atoms in total. The van der Waals surface area contributed by atoms with Crippen LogP contribution in [-0.2, 0) is 0 Å². The largest absolute Gasteiger partial charge is 0.493 e. The molecule has 0 saturated carbocycles. The predicted molar refractivity (Wildman–Crippen MR) is 108 cm³/mol. The van der Waals surface area contributed by atoms with E-state index >= 15 is 0 Å². The second kappa shape index (κ2) is 11.1. The Labute approximate surface area is 171 Å². The molecule has 0 amide bonds. The molecule has 2 aromatic carbocycles. The number of rotatable bonds is 4. The summed E-state index contributed by atoms with van der Waals surface area (Å²) in [6, 6.07) is 12.5. The lowest BCUT2D eigenvalue weighted by molar-refractivity contribution is 0.173. The van der Waals surface area contributed by atoms with E-state index < -0.39 is 0 Å². The van der Waals surface area contributed by atoms with Crippen LogP contribution in [0.15, 0.2) is 42.5 Å². The van der Waals surface area contributed by atoms with E-state index in [4.69, 9.17) is 19.3 Å². The highest BCUT2D eigenvalue weighted by atomic mass is 35.5. The van der Waals surface area contributed by atoms with E-state index in [0.717, 1.165) is 36.8 Å². The third-order valence-corrected chi connectivity index (χ3v) is 4.71. The third kappa shape index (κ3) is 5.74. The van der Waals surface area contributed by atoms with Crippen LogP contribution in [0.3, 0.4) is 0 Å². The number of hydrogen-bond acceptors (Lipinski definition) is 5. The number of ether oxygens (including phenoxy) is 3. The average molecular weight is 412 g/mol. The van der Waals surface area contributed by atoms with Gasteiger partial charge in [-0.3, -0.25) is 0 Å². The number of aliphatic hydroxyl groups is 1. The SMILES string of the molecule is CCO.Cl.Fc1ccc([C@@H]2CCNC[C@H]2COc2ccc3c(c2)OCO3)cc1. The maximum absolute atomic E-state index is 13.2. The van der Waals surface area contributed by atoms with Crippen LogP contribution in [0.25, 0.3) is 0 Å². The van der Waals surface area contributed by atoms with E-state index in [0.29, 0.717) is 18.4 Å². The zero-order valence-electron chi connectivity index (χ0n) is 15.9. The number of aliphatic hydroxyl groups excluding tert-OH is 1. The second-order valence-electron chi connectivity index (χ2n) is 6.55. The molecule has 0 aliphatic carbocycles. The van der Waals surface area contributed by atoms with Crippen LogP contribution in [0.5, 0.6) is 17.2 Å². The second-order valence-corrected chi connectivity index (χ2v) is 6.55. The van der Waals surface area contributed by atoms with E-state index in [1.165, 1.54) is 17.7 Å². The minimum Gasteiger partial charge on any atom is -0.493 e. The van der Waals surface area contributed by atoms with Crippen molar-refractivity contribution in [2.75, 3.05) is 33.1 Å². The summed E-state index contributed by atoms with van der Waals surface area (Å²) in [6.07, 6.45) is 1.03. The van der Waals surface area contributed by atoms with Crippen molar-refractivity contribution < 1.29 is 23.7 Å². The molecular weight excluding hydrogens is 385 g/mol. The molecule has 2 aliphatic rings. The zero-order chi connectivity index (χ0) is 19.1. The molecule has 1 saturated heterocycles. The van der Waals surface area contributed by atoms with Gasteiger partial charge in [-0.1, -0.05) is 12.1 Å². The normalized spacial score (nSPS) is 19.8. The van der Waals surface area contributed by atoms with Gasteiger partial charge in [0, 0.05) is 25.1 Å². The van der Waals surface area contributed by atoms with Crippen molar-refractivity contribution in [3.05, 3.63) is 53.8 Å².